The van der Waals surface area contributed by atoms with Gasteiger partial charge in [0.05, 0.1) is 0 Å². The summed E-state index contributed by atoms with van der Waals surface area (Å²) in [6.07, 6.45) is 10.9. The molecule has 0 aliphatic carbocycles. The number of allylic oxidation sites excluding steroid dienone is 5. The predicted octanol–water partition coefficient (Wildman–Crippen LogP) is 7.94. The molecule has 0 N–H and O–H groups in total. The van der Waals surface area contributed by atoms with Crippen LogP contribution < -0.4 is 0 Å². The summed E-state index contributed by atoms with van der Waals surface area (Å²) in [5.74, 6) is 0. The standard InChI is InChI=1S/C29H39N2.BF4/c1-7-30(8-2)28(26-20-16-24(5)17-21-26)14-12-11-13-15-29(31(9-3)10-4)27-22-18-25(6)19-23-27;2-1(3,4)5/h11-23H,7-10H2,1-6H3;/q+1;-1. The topological polar surface area (TPSA) is 6.25 Å². The minimum atomic E-state index is -6.00. The van der Waals surface area contributed by atoms with E-state index in [9.17, 15) is 17.3 Å². The lowest BCUT2D eigenvalue weighted by Gasteiger charge is -2.24. The zero-order valence-electron chi connectivity index (χ0n) is 22.3. The molecule has 0 spiro atoms. The van der Waals surface area contributed by atoms with Gasteiger partial charge in [0.25, 0.3) is 0 Å². The molecule has 0 unspecified atom stereocenters. The summed E-state index contributed by atoms with van der Waals surface area (Å²) in [5.41, 5.74) is 7.63. The van der Waals surface area contributed by atoms with Gasteiger partial charge < -0.3 is 22.2 Å². The molecule has 0 heterocycles. The third-order valence-electron chi connectivity index (χ3n) is 5.63. The van der Waals surface area contributed by atoms with Crippen molar-refractivity contribution in [1.82, 2.24) is 4.90 Å². The fourth-order valence-corrected chi connectivity index (χ4v) is 3.70. The molecule has 2 rings (SSSR count). The molecule has 0 aliphatic heterocycles. The van der Waals surface area contributed by atoms with Crippen LogP contribution in [0.15, 0.2) is 78.9 Å². The van der Waals surface area contributed by atoms with E-state index in [4.69, 9.17) is 0 Å². The van der Waals surface area contributed by atoms with Crippen LogP contribution in [-0.4, -0.2) is 48.6 Å². The van der Waals surface area contributed by atoms with Gasteiger partial charge in [0.2, 0.25) is 5.71 Å². The highest BCUT2D eigenvalue weighted by Crippen LogP contribution is 2.20. The summed E-state index contributed by atoms with van der Waals surface area (Å²) < 4.78 is 41.4. The summed E-state index contributed by atoms with van der Waals surface area (Å²) in [5, 5.41) is 0. The van der Waals surface area contributed by atoms with Crippen molar-refractivity contribution in [2.24, 2.45) is 0 Å². The van der Waals surface area contributed by atoms with Crippen molar-refractivity contribution < 1.29 is 21.8 Å². The molecular weight excluding hydrogens is 463 g/mol. The van der Waals surface area contributed by atoms with Gasteiger partial charge in [0.15, 0.2) is 0 Å². The molecule has 0 amide bonds. The number of halogens is 4. The van der Waals surface area contributed by atoms with Crippen LogP contribution in [0.1, 0.15) is 49.9 Å². The van der Waals surface area contributed by atoms with Gasteiger partial charge in [-0.05, 0) is 65.3 Å². The minimum absolute atomic E-state index is 0.993. The van der Waals surface area contributed by atoms with Crippen LogP contribution in [0.3, 0.4) is 0 Å². The molecule has 0 fully saturated rings. The SMILES string of the molecule is CCN(CC)\C(=C/C=C/C=C/C(c1ccc(C)cc1)=[N+](CC)CC)c1ccc(C)cc1.F[B-](F)(F)F. The molecule has 0 saturated heterocycles. The monoisotopic (exact) mass is 502 g/mol. The Morgan fingerprint density at radius 3 is 1.58 bits per heavy atom. The van der Waals surface area contributed by atoms with Crippen LogP contribution in [0.4, 0.5) is 17.3 Å². The average molecular weight is 502 g/mol. The Hall–Kier alpha value is -3.09. The molecule has 0 saturated carbocycles. The Morgan fingerprint density at radius 1 is 0.722 bits per heavy atom. The predicted molar refractivity (Wildman–Crippen MR) is 147 cm³/mol. The van der Waals surface area contributed by atoms with Gasteiger partial charge in [-0.3, -0.25) is 0 Å². The lowest BCUT2D eigenvalue weighted by atomic mass is 10.1. The quantitative estimate of drug-likeness (QED) is 0.105. The first-order valence-corrected chi connectivity index (χ1v) is 12.5. The summed E-state index contributed by atoms with van der Waals surface area (Å²) in [6.45, 7) is 17.1. The van der Waals surface area contributed by atoms with Crippen LogP contribution in [0, 0.1) is 13.8 Å². The first-order valence-electron chi connectivity index (χ1n) is 12.5. The Bertz CT molecular complexity index is 1020. The molecule has 36 heavy (non-hydrogen) atoms. The van der Waals surface area contributed by atoms with Crippen LogP contribution in [0.5, 0.6) is 0 Å². The number of aryl methyl sites for hydroxylation is 2. The van der Waals surface area contributed by atoms with Gasteiger partial charge in [-0.15, -0.1) is 0 Å². The van der Waals surface area contributed by atoms with E-state index < -0.39 is 7.25 Å². The maximum absolute atomic E-state index is 9.75. The highest BCUT2D eigenvalue weighted by atomic mass is 19.5. The number of rotatable bonds is 10. The fourth-order valence-electron chi connectivity index (χ4n) is 3.70. The average Bonchev–Trinajstić information content (AvgIpc) is 2.83. The summed E-state index contributed by atoms with van der Waals surface area (Å²) in [4.78, 5) is 2.40. The molecule has 7 heteroatoms. The highest BCUT2D eigenvalue weighted by molar-refractivity contribution is 6.50. The smallest absolute Gasteiger partial charge is 0.418 e. The van der Waals surface area contributed by atoms with Gasteiger partial charge in [-0.25, -0.2) is 4.58 Å². The first kappa shape index (κ1) is 30.9. The van der Waals surface area contributed by atoms with E-state index in [-0.39, 0.29) is 0 Å². The van der Waals surface area contributed by atoms with Gasteiger partial charge in [-0.2, -0.15) is 0 Å². The van der Waals surface area contributed by atoms with Crippen molar-refractivity contribution in [2.45, 2.75) is 41.5 Å². The fraction of sp³-hybridized carbons (Fsp3) is 0.345. The maximum Gasteiger partial charge on any atom is 0.673 e. The lowest BCUT2D eigenvalue weighted by Crippen LogP contribution is -2.21. The molecule has 2 aromatic rings. The van der Waals surface area contributed by atoms with Crippen molar-refractivity contribution in [3.05, 3.63) is 101 Å². The zero-order valence-corrected chi connectivity index (χ0v) is 22.3. The highest BCUT2D eigenvalue weighted by Gasteiger charge is 2.20. The Labute approximate surface area is 214 Å². The second kappa shape index (κ2) is 15.8. The molecule has 0 bridgehead atoms. The Morgan fingerprint density at radius 2 is 1.17 bits per heavy atom. The Balaban J connectivity index is 0.00000118. The molecule has 0 aromatic heterocycles. The first-order chi connectivity index (χ1) is 17.0. The molecule has 0 aliphatic rings. The molecule has 196 valence electrons. The van der Waals surface area contributed by atoms with Crippen molar-refractivity contribution in [1.29, 1.82) is 0 Å². The van der Waals surface area contributed by atoms with Gasteiger partial charge in [0, 0.05) is 30.4 Å². The molecule has 0 radical (unpaired) electrons. The molecule has 2 nitrogen and oxygen atoms in total. The molecule has 0 atom stereocenters. The second-order valence-electron chi connectivity index (χ2n) is 8.25. The maximum atomic E-state index is 9.75. The van der Waals surface area contributed by atoms with Crippen molar-refractivity contribution in [2.75, 3.05) is 26.2 Å². The van der Waals surface area contributed by atoms with E-state index in [0.717, 1.165) is 26.2 Å². The second-order valence-corrected chi connectivity index (χ2v) is 8.25. The van der Waals surface area contributed by atoms with Crippen LogP contribution in [0.25, 0.3) is 5.70 Å². The zero-order chi connectivity index (χ0) is 27.1. The minimum Gasteiger partial charge on any atom is -0.418 e. The van der Waals surface area contributed by atoms with E-state index >= 15 is 0 Å². The third kappa shape index (κ3) is 11.6. The van der Waals surface area contributed by atoms with Crippen LogP contribution in [0.2, 0.25) is 0 Å². The molecular formula is C29H39BF4N2. The van der Waals surface area contributed by atoms with Crippen molar-refractivity contribution in [3.63, 3.8) is 0 Å². The van der Waals surface area contributed by atoms with E-state index in [1.54, 1.807) is 0 Å². The molecule has 2 aromatic carbocycles. The van der Waals surface area contributed by atoms with Crippen molar-refractivity contribution in [3.8, 4) is 0 Å². The summed E-state index contributed by atoms with van der Waals surface area (Å²) in [7, 11) is -6.00. The van der Waals surface area contributed by atoms with E-state index in [2.05, 4.69) is 130 Å². The summed E-state index contributed by atoms with van der Waals surface area (Å²) >= 11 is 0. The number of nitrogens with zero attached hydrogens (tertiary/aromatic N) is 2. The van der Waals surface area contributed by atoms with Gasteiger partial charge >= 0.3 is 7.25 Å². The largest absolute Gasteiger partial charge is 0.673 e. The van der Waals surface area contributed by atoms with E-state index in [1.165, 1.54) is 33.7 Å². The van der Waals surface area contributed by atoms with Crippen LogP contribution in [-0.2, 0) is 0 Å². The number of hydrogen-bond donors (Lipinski definition) is 0. The number of hydrogen-bond acceptors (Lipinski definition) is 1. The Kier molecular flexibility index (Phi) is 13.6. The number of benzene rings is 2. The van der Waals surface area contributed by atoms with Crippen molar-refractivity contribution >= 4 is 18.7 Å². The van der Waals surface area contributed by atoms with Gasteiger partial charge in [0.1, 0.15) is 13.1 Å². The normalized spacial score (nSPS) is 12.0. The van der Waals surface area contributed by atoms with Gasteiger partial charge in [-0.1, -0.05) is 65.8 Å². The third-order valence-corrected chi connectivity index (χ3v) is 5.63. The summed E-state index contributed by atoms with van der Waals surface area (Å²) in [6, 6.07) is 17.6. The van der Waals surface area contributed by atoms with E-state index in [1.807, 2.05) is 0 Å². The lowest BCUT2D eigenvalue weighted by molar-refractivity contribution is -0.519. The van der Waals surface area contributed by atoms with Crippen LogP contribution >= 0.6 is 0 Å². The van der Waals surface area contributed by atoms with E-state index in [0.29, 0.717) is 0 Å².